The summed E-state index contributed by atoms with van der Waals surface area (Å²) in [6.07, 6.45) is 0. The molecule has 0 fully saturated rings. The van der Waals surface area contributed by atoms with Gasteiger partial charge in [0.05, 0.1) is 0 Å². The third-order valence-corrected chi connectivity index (χ3v) is 0. The van der Waals surface area contributed by atoms with Gasteiger partial charge in [0.2, 0.25) is 0 Å². The standard InChI is InChI=1S/CH4.Nb.Ta.Ti/h1H4;;;. The van der Waals surface area contributed by atoms with Crippen LogP contribution in [0.3, 0.4) is 0 Å². The Morgan fingerprint density at radius 1 is 1.00 bits per heavy atom. The fraction of sp³-hybridized carbons (Fsp3) is 1.00. The summed E-state index contributed by atoms with van der Waals surface area (Å²) in [5.74, 6) is 0. The first kappa shape index (κ1) is 34.7. The third kappa shape index (κ3) is 8.89. The second-order valence-electron chi connectivity index (χ2n) is 0. The first-order valence-corrected chi connectivity index (χ1v) is 0. The van der Waals surface area contributed by atoms with Crippen molar-refractivity contribution in [1.29, 1.82) is 0 Å². The molecule has 0 unspecified atom stereocenters. The van der Waals surface area contributed by atoms with E-state index in [4.69, 9.17) is 0 Å². The molecule has 0 spiro atoms. The molecule has 0 aliphatic rings. The molecule has 0 saturated carbocycles. The molecule has 0 saturated heterocycles. The van der Waals surface area contributed by atoms with Gasteiger partial charge >= 0.3 is 0 Å². The molecule has 0 bridgehead atoms. The minimum absolute atomic E-state index is 0. The Bertz CT molecular complexity index is 8.00. The zero-order chi connectivity index (χ0) is 0. The summed E-state index contributed by atoms with van der Waals surface area (Å²) in [6.45, 7) is 0. The second-order valence-corrected chi connectivity index (χ2v) is 0. The summed E-state index contributed by atoms with van der Waals surface area (Å²) < 4.78 is 0. The average molecular weight is 338 g/mol. The predicted octanol–water partition coefficient (Wildman–Crippen LogP) is 0.629. The van der Waals surface area contributed by atoms with E-state index in [9.17, 15) is 0 Å². The van der Waals surface area contributed by atoms with Gasteiger partial charge in [0.1, 0.15) is 0 Å². The van der Waals surface area contributed by atoms with Crippen LogP contribution in [0, 0.1) is 0 Å². The molecule has 0 aromatic carbocycles. The molecule has 0 amide bonds. The van der Waals surface area contributed by atoms with Crippen LogP contribution in [-0.2, 0) is 66.5 Å². The van der Waals surface area contributed by atoms with E-state index >= 15 is 0 Å². The van der Waals surface area contributed by atoms with Crippen LogP contribution in [-0.4, -0.2) is 0 Å². The minimum atomic E-state index is 0. The molecule has 0 heterocycles. The Morgan fingerprint density at radius 2 is 1.00 bits per heavy atom. The SMILES string of the molecule is C.[Nb].[Ta].[Ti]. The molecule has 0 nitrogen and oxygen atoms in total. The summed E-state index contributed by atoms with van der Waals surface area (Å²) in [5.41, 5.74) is 0. The molecule has 0 aliphatic heterocycles. The molecular formula is CH4NbTaTi. The maximum atomic E-state index is 0. The van der Waals surface area contributed by atoms with Gasteiger partial charge in [-0.15, -0.1) is 0 Å². The molecule has 4 heavy (non-hydrogen) atoms. The van der Waals surface area contributed by atoms with E-state index in [1.165, 1.54) is 0 Å². The van der Waals surface area contributed by atoms with Gasteiger partial charge in [0.25, 0.3) is 0 Å². The van der Waals surface area contributed by atoms with E-state index in [1.54, 1.807) is 0 Å². The van der Waals surface area contributed by atoms with Gasteiger partial charge in [0, 0.05) is 66.5 Å². The zero-order valence-corrected chi connectivity index (χ0v) is 8.37. The summed E-state index contributed by atoms with van der Waals surface area (Å²) in [7, 11) is 0. The van der Waals surface area contributed by atoms with Crippen molar-refractivity contribution in [3.05, 3.63) is 0 Å². The van der Waals surface area contributed by atoms with E-state index in [0.29, 0.717) is 0 Å². The van der Waals surface area contributed by atoms with Crippen LogP contribution in [0.25, 0.3) is 0 Å². The van der Waals surface area contributed by atoms with E-state index in [1.807, 2.05) is 0 Å². The van der Waals surface area contributed by atoms with Crippen molar-refractivity contribution in [1.82, 2.24) is 0 Å². The van der Waals surface area contributed by atoms with Crippen molar-refractivity contribution >= 4 is 0 Å². The van der Waals surface area contributed by atoms with Crippen molar-refractivity contribution in [2.45, 2.75) is 7.43 Å². The van der Waals surface area contributed by atoms with Gasteiger partial charge in [-0.25, -0.2) is 0 Å². The number of hydrogen-bond acceptors (Lipinski definition) is 0. The quantitative estimate of drug-likeness (QED) is 0.569. The molecular weight excluding hydrogens is 334 g/mol. The van der Waals surface area contributed by atoms with E-state index in [0.717, 1.165) is 0 Å². The molecule has 3 heteroatoms. The topological polar surface area (TPSA) is 0 Å². The Morgan fingerprint density at radius 3 is 1.00 bits per heavy atom. The van der Waals surface area contributed by atoms with Gasteiger partial charge < -0.3 is 0 Å². The van der Waals surface area contributed by atoms with Gasteiger partial charge in [0.15, 0.2) is 0 Å². The Balaban J connectivity index is 0. The van der Waals surface area contributed by atoms with E-state index in [-0.39, 0.29) is 73.9 Å². The van der Waals surface area contributed by atoms with Crippen LogP contribution in [0.2, 0.25) is 0 Å². The Hall–Kier alpha value is 2.19. The number of rotatable bonds is 0. The van der Waals surface area contributed by atoms with Crippen molar-refractivity contribution in [3.63, 3.8) is 0 Å². The van der Waals surface area contributed by atoms with Crippen LogP contribution in [0.4, 0.5) is 0 Å². The molecule has 2 radical (unpaired) electrons. The monoisotopic (exact) mass is 338 g/mol. The largest absolute Gasteiger partial charge is 0.0776 e. The van der Waals surface area contributed by atoms with Crippen molar-refractivity contribution in [2.24, 2.45) is 0 Å². The predicted molar refractivity (Wildman–Crippen MR) is 6.73 cm³/mol. The molecule has 0 aliphatic carbocycles. The van der Waals surface area contributed by atoms with Crippen LogP contribution in [0.1, 0.15) is 7.43 Å². The van der Waals surface area contributed by atoms with E-state index in [2.05, 4.69) is 0 Å². The van der Waals surface area contributed by atoms with E-state index < -0.39 is 0 Å². The molecule has 22 valence electrons. The maximum absolute atomic E-state index is 0. The minimum Gasteiger partial charge on any atom is -0.0776 e. The smallest absolute Gasteiger partial charge is 0 e. The number of hydrogen-bond donors (Lipinski definition) is 0. The second kappa shape index (κ2) is 19.0. The van der Waals surface area contributed by atoms with Gasteiger partial charge in [-0.3, -0.25) is 0 Å². The first-order chi connectivity index (χ1) is 0. The fourth-order valence-electron chi connectivity index (χ4n) is 0. The zero-order valence-electron chi connectivity index (χ0n) is 1.39. The van der Waals surface area contributed by atoms with Crippen molar-refractivity contribution < 1.29 is 66.5 Å². The summed E-state index contributed by atoms with van der Waals surface area (Å²) >= 11 is 0. The molecule has 0 N–H and O–H groups in total. The maximum Gasteiger partial charge on any atom is 0 e. The van der Waals surface area contributed by atoms with Crippen molar-refractivity contribution in [3.8, 4) is 0 Å². The molecule has 0 aromatic heterocycles. The van der Waals surface area contributed by atoms with Crippen LogP contribution >= 0.6 is 0 Å². The summed E-state index contributed by atoms with van der Waals surface area (Å²) in [5, 5.41) is 0. The van der Waals surface area contributed by atoms with Gasteiger partial charge in [-0.1, -0.05) is 7.43 Å². The fourth-order valence-corrected chi connectivity index (χ4v) is 0. The van der Waals surface area contributed by atoms with Gasteiger partial charge in [-0.2, -0.15) is 0 Å². The molecule has 0 atom stereocenters. The molecule has 0 rings (SSSR count). The van der Waals surface area contributed by atoms with Crippen LogP contribution in [0.5, 0.6) is 0 Å². The van der Waals surface area contributed by atoms with Gasteiger partial charge in [-0.05, 0) is 0 Å². The normalized spacial score (nSPS) is 0. The summed E-state index contributed by atoms with van der Waals surface area (Å²) in [4.78, 5) is 0. The van der Waals surface area contributed by atoms with Crippen LogP contribution < -0.4 is 0 Å². The third-order valence-electron chi connectivity index (χ3n) is 0. The Kier molecular flexibility index (Phi) is 165. The van der Waals surface area contributed by atoms with Crippen LogP contribution in [0.15, 0.2) is 0 Å². The van der Waals surface area contributed by atoms with Crippen molar-refractivity contribution in [2.75, 3.05) is 0 Å². The first-order valence-electron chi connectivity index (χ1n) is 0. The molecule has 0 aromatic rings. The summed E-state index contributed by atoms with van der Waals surface area (Å²) in [6, 6.07) is 0. The Labute approximate surface area is 73.0 Å². The average Bonchev–Trinajstić information content (AvgIpc) is 0.